The van der Waals surface area contributed by atoms with E-state index in [2.05, 4.69) is 56.9 Å². The fraction of sp³-hybridized carbons (Fsp3) is 0.290. The highest BCUT2D eigenvalue weighted by atomic mass is 16.5. The van der Waals surface area contributed by atoms with Crippen LogP contribution in [0.2, 0.25) is 0 Å². The summed E-state index contributed by atoms with van der Waals surface area (Å²) >= 11 is 0. The van der Waals surface area contributed by atoms with Gasteiger partial charge in [0.25, 0.3) is 5.56 Å². The van der Waals surface area contributed by atoms with E-state index in [9.17, 15) is 4.79 Å². The summed E-state index contributed by atoms with van der Waals surface area (Å²) in [6.07, 6.45) is 11.4. The van der Waals surface area contributed by atoms with Crippen molar-refractivity contribution in [1.29, 1.82) is 0 Å². The Morgan fingerprint density at radius 2 is 1.94 bits per heavy atom. The van der Waals surface area contributed by atoms with Crippen LogP contribution >= 0.6 is 0 Å². The molecule has 182 valence electrons. The van der Waals surface area contributed by atoms with Crippen molar-refractivity contribution < 1.29 is 4.74 Å². The van der Waals surface area contributed by atoms with Gasteiger partial charge in [-0.15, -0.1) is 0 Å². The topological polar surface area (TPSA) is 47.4 Å². The first kappa shape index (κ1) is 22.7. The normalized spacial score (nSPS) is 15.9. The second-order valence-electron chi connectivity index (χ2n) is 9.95. The minimum absolute atomic E-state index is 0.151. The molecule has 36 heavy (non-hydrogen) atoms. The Balaban J connectivity index is 1.31. The number of benzene rings is 2. The monoisotopic (exact) mass is 477 g/mol. The third-order valence-electron chi connectivity index (χ3n) is 7.45. The Morgan fingerprint density at radius 3 is 2.75 bits per heavy atom. The van der Waals surface area contributed by atoms with Gasteiger partial charge in [-0.2, -0.15) is 0 Å². The van der Waals surface area contributed by atoms with Gasteiger partial charge in [0.2, 0.25) is 0 Å². The van der Waals surface area contributed by atoms with Gasteiger partial charge >= 0.3 is 0 Å². The molecule has 5 heteroatoms. The molecule has 0 spiro atoms. The minimum atomic E-state index is 0.151. The van der Waals surface area contributed by atoms with Crippen LogP contribution in [0.3, 0.4) is 0 Å². The minimum Gasteiger partial charge on any atom is -0.497 e. The van der Waals surface area contributed by atoms with Crippen molar-refractivity contribution in [3.63, 3.8) is 0 Å². The molecule has 1 fully saturated rings. The fourth-order valence-corrected chi connectivity index (χ4v) is 5.29. The Morgan fingerprint density at radius 1 is 1.08 bits per heavy atom. The molecular formula is C31H31N3O2. The lowest BCUT2D eigenvalue weighted by Gasteiger charge is -2.30. The van der Waals surface area contributed by atoms with Gasteiger partial charge in [0.15, 0.2) is 0 Å². The summed E-state index contributed by atoms with van der Waals surface area (Å²) in [7, 11) is 1.69. The van der Waals surface area contributed by atoms with E-state index in [1.54, 1.807) is 7.11 Å². The number of pyridine rings is 2. The van der Waals surface area contributed by atoms with Gasteiger partial charge in [-0.3, -0.25) is 14.7 Å². The quantitative estimate of drug-likeness (QED) is 0.350. The molecule has 0 radical (unpaired) electrons. The number of ether oxygens (including phenoxy) is 1. The van der Waals surface area contributed by atoms with Crippen molar-refractivity contribution in [2.24, 2.45) is 5.92 Å². The zero-order valence-electron chi connectivity index (χ0n) is 20.7. The van der Waals surface area contributed by atoms with Crippen LogP contribution in [0.4, 0.5) is 0 Å². The summed E-state index contributed by atoms with van der Waals surface area (Å²) < 4.78 is 7.36. The van der Waals surface area contributed by atoms with Crippen molar-refractivity contribution in [3.8, 4) is 16.9 Å². The van der Waals surface area contributed by atoms with Crippen molar-refractivity contribution >= 4 is 16.8 Å². The molecule has 0 unspecified atom stereocenters. The average Bonchev–Trinajstić information content (AvgIpc) is 3.74. The summed E-state index contributed by atoms with van der Waals surface area (Å²) in [5.41, 5.74) is 5.64. The average molecular weight is 478 g/mol. The molecule has 4 aromatic rings. The van der Waals surface area contributed by atoms with E-state index in [0.717, 1.165) is 60.2 Å². The molecule has 2 aromatic carbocycles. The van der Waals surface area contributed by atoms with Crippen molar-refractivity contribution in [2.45, 2.75) is 32.4 Å². The lowest BCUT2D eigenvalue weighted by molar-refractivity contribution is 0.274. The first-order chi connectivity index (χ1) is 17.7. The number of hydrogen-bond acceptors (Lipinski definition) is 4. The molecule has 1 saturated carbocycles. The van der Waals surface area contributed by atoms with Crippen LogP contribution < -0.4 is 10.3 Å². The van der Waals surface area contributed by atoms with Crippen LogP contribution in [-0.4, -0.2) is 34.7 Å². The summed E-state index contributed by atoms with van der Waals surface area (Å²) in [4.78, 5) is 20.6. The molecule has 2 aromatic heterocycles. The molecule has 5 nitrogen and oxygen atoms in total. The fourth-order valence-electron chi connectivity index (χ4n) is 5.29. The van der Waals surface area contributed by atoms with E-state index in [-0.39, 0.29) is 5.56 Å². The molecule has 0 N–H and O–H groups in total. The smallest absolute Gasteiger partial charge is 0.258 e. The maximum absolute atomic E-state index is 13.8. The van der Waals surface area contributed by atoms with Crippen LogP contribution in [0.5, 0.6) is 5.75 Å². The van der Waals surface area contributed by atoms with Crippen LogP contribution in [0.1, 0.15) is 29.7 Å². The van der Waals surface area contributed by atoms with Crippen molar-refractivity contribution in [2.75, 3.05) is 20.2 Å². The summed E-state index contributed by atoms with van der Waals surface area (Å²) in [6.45, 7) is 3.54. The molecule has 1 aliphatic heterocycles. The zero-order chi connectivity index (χ0) is 24.5. The highest BCUT2D eigenvalue weighted by Crippen LogP contribution is 2.33. The summed E-state index contributed by atoms with van der Waals surface area (Å²) in [6, 6.07) is 18.5. The highest BCUT2D eigenvalue weighted by molar-refractivity contribution is 5.96. The summed E-state index contributed by atoms with van der Waals surface area (Å²) in [5.74, 6) is 1.51. The van der Waals surface area contributed by atoms with E-state index < -0.39 is 0 Å². The maximum atomic E-state index is 13.8. The number of hydrogen-bond donors (Lipinski definition) is 0. The molecule has 0 atom stereocenters. The van der Waals surface area contributed by atoms with Gasteiger partial charge in [-0.05, 0) is 65.1 Å². The predicted octanol–water partition coefficient (Wildman–Crippen LogP) is 5.55. The SMILES string of the molecule is COc1ccc(/C=C/CN2CCc3c(cc(-c4cccc5cnccc45)c(=O)n3CC3CC3)C2)cc1. The van der Waals surface area contributed by atoms with Crippen LogP contribution in [-0.2, 0) is 19.5 Å². The third kappa shape index (κ3) is 4.59. The molecule has 6 rings (SSSR count). The first-order valence-electron chi connectivity index (χ1n) is 12.8. The van der Waals surface area contributed by atoms with E-state index >= 15 is 0 Å². The predicted molar refractivity (Wildman–Crippen MR) is 145 cm³/mol. The first-order valence-corrected chi connectivity index (χ1v) is 12.8. The van der Waals surface area contributed by atoms with Gasteiger partial charge in [-0.25, -0.2) is 0 Å². The maximum Gasteiger partial charge on any atom is 0.258 e. The Kier molecular flexibility index (Phi) is 6.16. The van der Waals surface area contributed by atoms with Gasteiger partial charge < -0.3 is 9.30 Å². The van der Waals surface area contributed by atoms with Crippen LogP contribution in [0, 0.1) is 5.92 Å². The van der Waals surface area contributed by atoms with Crippen LogP contribution in [0.25, 0.3) is 28.0 Å². The number of rotatable bonds is 7. The largest absolute Gasteiger partial charge is 0.497 e. The number of fused-ring (bicyclic) bond motifs is 2. The second kappa shape index (κ2) is 9.75. The van der Waals surface area contributed by atoms with Crippen molar-refractivity contribution in [1.82, 2.24) is 14.5 Å². The molecule has 0 amide bonds. The van der Waals surface area contributed by atoms with E-state index in [4.69, 9.17) is 4.74 Å². The van der Waals surface area contributed by atoms with Crippen molar-refractivity contribution in [3.05, 3.63) is 100 Å². The van der Waals surface area contributed by atoms with Gasteiger partial charge in [0.1, 0.15) is 5.75 Å². The van der Waals surface area contributed by atoms with Gasteiger partial charge in [0.05, 0.1) is 7.11 Å². The Bertz CT molecular complexity index is 1480. The van der Waals surface area contributed by atoms with Gasteiger partial charge in [0, 0.05) is 61.6 Å². The number of nitrogens with zero attached hydrogens (tertiary/aromatic N) is 3. The third-order valence-corrected chi connectivity index (χ3v) is 7.45. The molecule has 0 saturated heterocycles. The molecule has 0 bridgehead atoms. The molecule has 2 aliphatic rings. The Labute approximate surface area is 211 Å². The lowest BCUT2D eigenvalue weighted by Crippen LogP contribution is -2.36. The molecular weight excluding hydrogens is 446 g/mol. The van der Waals surface area contributed by atoms with Crippen LogP contribution in [0.15, 0.2) is 77.9 Å². The standard InChI is InChI=1S/C31H31N3O2/c1-36-26-11-9-22(10-12-26)4-3-16-33-17-14-30-25(21-33)18-29(31(35)34(30)20-23-7-8-23)28-6-2-5-24-19-32-15-13-27(24)28/h2-6,9-13,15,18-19,23H,7-8,14,16-17,20-21H2,1H3/b4-3+. The molecule has 1 aliphatic carbocycles. The lowest BCUT2D eigenvalue weighted by atomic mass is 9.96. The Hall–Kier alpha value is -3.70. The number of methoxy groups -OCH3 is 1. The van der Waals surface area contributed by atoms with E-state index in [1.807, 2.05) is 36.7 Å². The number of aromatic nitrogens is 2. The second-order valence-corrected chi connectivity index (χ2v) is 9.95. The van der Waals surface area contributed by atoms with E-state index in [0.29, 0.717) is 5.92 Å². The molecule has 3 heterocycles. The van der Waals surface area contributed by atoms with Gasteiger partial charge in [-0.1, -0.05) is 42.5 Å². The highest BCUT2D eigenvalue weighted by Gasteiger charge is 2.27. The summed E-state index contributed by atoms with van der Waals surface area (Å²) in [5, 5.41) is 2.14. The zero-order valence-corrected chi connectivity index (χ0v) is 20.7. The van der Waals surface area contributed by atoms with E-state index in [1.165, 1.54) is 29.7 Å².